The van der Waals surface area contributed by atoms with E-state index in [1.165, 1.54) is 42.5 Å². The molecular weight excluding hydrogens is 492 g/mol. The first-order chi connectivity index (χ1) is 18.3. The molecule has 0 atom stereocenters. The maximum absolute atomic E-state index is 15.0. The molecule has 0 saturated heterocycles. The fourth-order valence-corrected chi connectivity index (χ4v) is 5.44. The maximum Gasteiger partial charge on any atom is 0.346 e. The van der Waals surface area contributed by atoms with Gasteiger partial charge in [0.2, 0.25) is 0 Å². The Morgan fingerprint density at radius 3 is 2.16 bits per heavy atom. The van der Waals surface area contributed by atoms with Crippen molar-refractivity contribution in [1.29, 1.82) is 0 Å². The molecule has 0 aromatic heterocycles. The predicted molar refractivity (Wildman–Crippen MR) is 141 cm³/mol. The average molecular weight is 527 g/mol. The molecule has 2 nitrogen and oxygen atoms in total. The molecule has 1 saturated carbocycles. The molecule has 3 aromatic carbocycles. The molecule has 0 unspecified atom stereocenters. The fraction of sp³-hybridized carbons (Fsp3) is 0.406. The van der Waals surface area contributed by atoms with Gasteiger partial charge in [-0.15, -0.1) is 0 Å². The smallest absolute Gasteiger partial charge is 0.346 e. The van der Waals surface area contributed by atoms with Gasteiger partial charge >= 0.3 is 5.97 Å². The van der Waals surface area contributed by atoms with Gasteiger partial charge in [0, 0.05) is 5.56 Å². The van der Waals surface area contributed by atoms with Gasteiger partial charge in [-0.1, -0.05) is 63.4 Å². The Hall–Kier alpha value is -3.15. The lowest BCUT2D eigenvalue weighted by molar-refractivity contribution is 0.0728. The summed E-state index contributed by atoms with van der Waals surface area (Å²) in [5, 5.41) is 0. The predicted octanol–water partition coefficient (Wildman–Crippen LogP) is 9.55. The molecule has 0 aliphatic heterocycles. The summed E-state index contributed by atoms with van der Waals surface area (Å²) in [5.41, 5.74) is 0.661. The molecule has 3 aromatic rings. The van der Waals surface area contributed by atoms with Crippen LogP contribution in [0.25, 0.3) is 11.1 Å². The topological polar surface area (TPSA) is 26.3 Å². The molecular formula is C32H34F4O2. The second-order valence-electron chi connectivity index (χ2n) is 10.3. The highest BCUT2D eigenvalue weighted by Gasteiger charge is 2.28. The van der Waals surface area contributed by atoms with Gasteiger partial charge in [0.15, 0.2) is 23.3 Å². The maximum atomic E-state index is 15.0. The summed E-state index contributed by atoms with van der Waals surface area (Å²) in [7, 11) is 0. The van der Waals surface area contributed by atoms with Gasteiger partial charge in [-0.2, -0.15) is 0 Å². The molecule has 1 aliphatic carbocycles. The average Bonchev–Trinajstić information content (AvgIpc) is 2.92. The molecule has 6 heteroatoms. The standard InChI is InChI=1S/C32H34F4O2/c1-3-5-7-23-14-17-25(29(34)28(23)33)22-12-15-24(16-13-22)38-32(37)27-19-18-26(30(35)31(27)36)21-10-8-20(6-4-2)9-11-21/h12-21H,3-11H2,1-2H3. The molecule has 38 heavy (non-hydrogen) atoms. The first kappa shape index (κ1) is 27.9. The third kappa shape index (κ3) is 6.11. The lowest BCUT2D eigenvalue weighted by Crippen LogP contribution is -2.17. The van der Waals surface area contributed by atoms with Gasteiger partial charge in [-0.3, -0.25) is 0 Å². The number of esters is 1. The number of carbonyl (C=O) groups is 1. The highest BCUT2D eigenvalue weighted by atomic mass is 19.2. The zero-order valence-electron chi connectivity index (χ0n) is 22.0. The quantitative estimate of drug-likeness (QED) is 0.158. The number of aryl methyl sites for hydroxylation is 1. The van der Waals surface area contributed by atoms with E-state index in [4.69, 9.17) is 4.74 Å². The van der Waals surface area contributed by atoms with Crippen molar-refractivity contribution in [2.75, 3.05) is 0 Å². The van der Waals surface area contributed by atoms with Crippen LogP contribution in [0.5, 0.6) is 5.75 Å². The van der Waals surface area contributed by atoms with Crippen molar-refractivity contribution in [2.24, 2.45) is 5.92 Å². The summed E-state index contributed by atoms with van der Waals surface area (Å²) in [6, 6.07) is 11.7. The molecule has 0 amide bonds. The van der Waals surface area contributed by atoms with E-state index in [9.17, 15) is 22.4 Å². The fourth-order valence-electron chi connectivity index (χ4n) is 5.44. The second kappa shape index (κ2) is 12.6. The zero-order chi connectivity index (χ0) is 27.2. The Morgan fingerprint density at radius 1 is 0.789 bits per heavy atom. The number of carbonyl (C=O) groups excluding carboxylic acids is 1. The minimum Gasteiger partial charge on any atom is -0.423 e. The third-order valence-electron chi connectivity index (χ3n) is 7.65. The highest BCUT2D eigenvalue weighted by Crippen LogP contribution is 2.39. The Bertz CT molecular complexity index is 1260. The summed E-state index contributed by atoms with van der Waals surface area (Å²) in [5.74, 6) is -4.34. The van der Waals surface area contributed by atoms with Crippen molar-refractivity contribution in [1.82, 2.24) is 0 Å². The molecule has 0 heterocycles. The second-order valence-corrected chi connectivity index (χ2v) is 10.3. The van der Waals surface area contributed by atoms with Gasteiger partial charge in [0.25, 0.3) is 0 Å². The number of hydrogen-bond acceptors (Lipinski definition) is 2. The molecule has 0 N–H and O–H groups in total. The van der Waals surface area contributed by atoms with Crippen LogP contribution in [0.2, 0.25) is 0 Å². The Morgan fingerprint density at radius 2 is 1.50 bits per heavy atom. The summed E-state index contributed by atoms with van der Waals surface area (Å²) < 4.78 is 64.2. The molecule has 1 fully saturated rings. The number of hydrogen-bond donors (Lipinski definition) is 0. The van der Waals surface area contributed by atoms with Crippen molar-refractivity contribution in [3.05, 3.63) is 88.5 Å². The van der Waals surface area contributed by atoms with Crippen LogP contribution in [0, 0.1) is 29.2 Å². The van der Waals surface area contributed by atoms with Gasteiger partial charge in [-0.05, 0) is 85.3 Å². The Balaban J connectivity index is 1.44. The molecule has 0 bridgehead atoms. The van der Waals surface area contributed by atoms with E-state index in [1.54, 1.807) is 6.07 Å². The number of benzene rings is 3. The van der Waals surface area contributed by atoms with Gasteiger partial charge in [0.05, 0.1) is 5.56 Å². The van der Waals surface area contributed by atoms with Gasteiger partial charge in [0.1, 0.15) is 5.75 Å². The van der Waals surface area contributed by atoms with E-state index < -0.39 is 34.8 Å². The van der Waals surface area contributed by atoms with E-state index >= 15 is 0 Å². The SMILES string of the molecule is CCCCc1ccc(-c2ccc(OC(=O)c3ccc(C4CCC(CCC)CC4)c(F)c3F)cc2)c(F)c1F. The normalized spacial score (nSPS) is 17.4. The Kier molecular flexibility index (Phi) is 9.24. The molecule has 1 aliphatic rings. The lowest BCUT2D eigenvalue weighted by Gasteiger charge is -2.29. The first-order valence-electron chi connectivity index (χ1n) is 13.6. The molecule has 202 valence electrons. The van der Waals surface area contributed by atoms with E-state index in [1.807, 2.05) is 6.92 Å². The lowest BCUT2D eigenvalue weighted by atomic mass is 9.77. The summed E-state index contributed by atoms with van der Waals surface area (Å²) in [4.78, 5) is 12.6. The monoisotopic (exact) mass is 526 g/mol. The summed E-state index contributed by atoms with van der Waals surface area (Å²) in [6.45, 7) is 4.14. The van der Waals surface area contributed by atoms with Gasteiger partial charge in [-0.25, -0.2) is 22.4 Å². The number of ether oxygens (including phenoxy) is 1. The van der Waals surface area contributed by atoms with E-state index in [0.717, 1.165) is 51.4 Å². The van der Waals surface area contributed by atoms with Crippen molar-refractivity contribution < 1.29 is 27.1 Å². The molecule has 0 spiro atoms. The van der Waals surface area contributed by atoms with Crippen molar-refractivity contribution in [2.45, 2.75) is 77.6 Å². The number of halogens is 4. The summed E-state index contributed by atoms with van der Waals surface area (Å²) in [6.07, 6.45) is 8.01. The van der Waals surface area contributed by atoms with Crippen LogP contribution in [0.3, 0.4) is 0 Å². The van der Waals surface area contributed by atoms with Crippen LogP contribution < -0.4 is 4.74 Å². The Labute approximate surface area is 222 Å². The van der Waals surface area contributed by atoms with Crippen LogP contribution in [-0.4, -0.2) is 5.97 Å². The van der Waals surface area contributed by atoms with Crippen LogP contribution >= 0.6 is 0 Å². The van der Waals surface area contributed by atoms with Crippen molar-refractivity contribution >= 4 is 5.97 Å². The van der Waals surface area contributed by atoms with Crippen LogP contribution in [0.1, 0.15) is 92.6 Å². The van der Waals surface area contributed by atoms with Crippen molar-refractivity contribution in [3.8, 4) is 16.9 Å². The molecule has 4 rings (SSSR count). The summed E-state index contributed by atoms with van der Waals surface area (Å²) >= 11 is 0. The largest absolute Gasteiger partial charge is 0.423 e. The highest BCUT2D eigenvalue weighted by molar-refractivity contribution is 5.91. The van der Waals surface area contributed by atoms with Gasteiger partial charge < -0.3 is 4.74 Å². The van der Waals surface area contributed by atoms with Crippen LogP contribution in [0.4, 0.5) is 17.6 Å². The van der Waals surface area contributed by atoms with E-state index in [2.05, 4.69) is 6.92 Å². The van der Waals surface area contributed by atoms with E-state index in [0.29, 0.717) is 29.0 Å². The first-order valence-corrected chi connectivity index (χ1v) is 13.6. The zero-order valence-corrected chi connectivity index (χ0v) is 22.0. The van der Waals surface area contributed by atoms with E-state index in [-0.39, 0.29) is 17.2 Å². The van der Waals surface area contributed by atoms with Crippen LogP contribution in [0.15, 0.2) is 48.5 Å². The van der Waals surface area contributed by atoms with Crippen molar-refractivity contribution in [3.63, 3.8) is 0 Å². The number of unbranched alkanes of at least 4 members (excludes halogenated alkanes) is 1. The number of rotatable bonds is 9. The third-order valence-corrected chi connectivity index (χ3v) is 7.65. The van der Waals surface area contributed by atoms with Crippen LogP contribution in [-0.2, 0) is 6.42 Å². The minimum absolute atomic E-state index is 0.0545. The minimum atomic E-state index is -1.21. The molecule has 0 radical (unpaired) electrons.